The summed E-state index contributed by atoms with van der Waals surface area (Å²) in [5, 5.41) is 15.9. The van der Waals surface area contributed by atoms with Gasteiger partial charge in [-0.05, 0) is 45.0 Å². The van der Waals surface area contributed by atoms with Gasteiger partial charge in [-0.25, -0.2) is 9.37 Å². The first-order valence-corrected chi connectivity index (χ1v) is 8.93. The van der Waals surface area contributed by atoms with Crippen molar-refractivity contribution in [2.24, 2.45) is 0 Å². The third-order valence-corrected chi connectivity index (χ3v) is 4.28. The fourth-order valence-electron chi connectivity index (χ4n) is 2.92. The van der Waals surface area contributed by atoms with Crippen molar-refractivity contribution >= 4 is 18.2 Å². The van der Waals surface area contributed by atoms with E-state index in [9.17, 15) is 9.18 Å². The monoisotopic (exact) mass is 393 g/mol. The van der Waals surface area contributed by atoms with Crippen molar-refractivity contribution in [3.8, 4) is 17.1 Å². The van der Waals surface area contributed by atoms with E-state index in [1.807, 2.05) is 0 Å². The Morgan fingerprint density at radius 2 is 2.14 bits per heavy atom. The van der Waals surface area contributed by atoms with Gasteiger partial charge in [0.05, 0.1) is 7.11 Å². The molecule has 0 atom stereocenters. The van der Waals surface area contributed by atoms with E-state index in [0.29, 0.717) is 17.9 Å². The van der Waals surface area contributed by atoms with E-state index in [4.69, 9.17) is 14.6 Å². The molecule has 0 aromatic carbocycles. The molecule has 1 aliphatic heterocycles. The first-order valence-electron chi connectivity index (χ1n) is 8.93. The highest BCUT2D eigenvalue weighted by molar-refractivity contribution is 5.90. The van der Waals surface area contributed by atoms with Gasteiger partial charge in [-0.2, -0.15) is 5.10 Å². The topological polar surface area (TPSA) is 120 Å². The number of aromatic nitrogens is 3. The minimum absolute atomic E-state index is 0.0861. The van der Waals surface area contributed by atoms with Crippen molar-refractivity contribution in [3.63, 3.8) is 0 Å². The molecule has 0 unspecified atom stereocenters. The number of carbonyl (C=O) groups excluding carboxylic acids is 1. The first kappa shape index (κ1) is 21.3. The minimum Gasteiger partial charge on any atom is -0.483 e. The number of methoxy groups -OCH3 is 1. The van der Waals surface area contributed by atoms with Crippen LogP contribution in [0.5, 0.6) is 5.88 Å². The second-order valence-corrected chi connectivity index (χ2v) is 6.16. The van der Waals surface area contributed by atoms with Gasteiger partial charge in [0.2, 0.25) is 11.8 Å². The lowest BCUT2D eigenvalue weighted by atomic mass is 10.2. The zero-order valence-electron chi connectivity index (χ0n) is 15.7. The van der Waals surface area contributed by atoms with Crippen molar-refractivity contribution in [1.29, 1.82) is 0 Å². The Labute approximate surface area is 161 Å². The van der Waals surface area contributed by atoms with Crippen molar-refractivity contribution in [2.75, 3.05) is 32.1 Å². The average molecular weight is 393 g/mol. The summed E-state index contributed by atoms with van der Waals surface area (Å²) < 4.78 is 19.4. The lowest BCUT2D eigenvalue weighted by Crippen LogP contribution is -2.22. The lowest BCUT2D eigenvalue weighted by molar-refractivity contribution is -0.123. The van der Waals surface area contributed by atoms with E-state index in [-0.39, 0.29) is 23.9 Å². The molecule has 1 amide bonds. The Morgan fingerprint density at radius 3 is 2.75 bits per heavy atom. The Balaban J connectivity index is 0.000000878. The van der Waals surface area contributed by atoms with Crippen LogP contribution in [0.3, 0.4) is 0 Å². The normalized spacial score (nSPS) is 13.5. The van der Waals surface area contributed by atoms with E-state index >= 15 is 0 Å². The van der Waals surface area contributed by atoms with Gasteiger partial charge in [0.25, 0.3) is 6.47 Å². The van der Waals surface area contributed by atoms with Crippen LogP contribution in [0.4, 0.5) is 10.2 Å². The summed E-state index contributed by atoms with van der Waals surface area (Å²) in [6, 6.07) is 3.30. The highest BCUT2D eigenvalue weighted by Crippen LogP contribution is 2.25. The van der Waals surface area contributed by atoms with Crippen LogP contribution in [0.15, 0.2) is 18.3 Å². The molecular weight excluding hydrogens is 369 g/mol. The molecule has 1 fully saturated rings. The van der Waals surface area contributed by atoms with E-state index in [1.54, 1.807) is 12.1 Å². The molecule has 2 aromatic rings. The maximum atomic E-state index is 14.5. The quantitative estimate of drug-likeness (QED) is 0.616. The van der Waals surface area contributed by atoms with Crippen molar-refractivity contribution in [3.05, 3.63) is 24.1 Å². The fraction of sp³-hybridized carbons (Fsp3) is 0.444. The van der Waals surface area contributed by atoms with Gasteiger partial charge < -0.3 is 20.1 Å². The van der Waals surface area contributed by atoms with E-state index in [1.165, 1.54) is 26.1 Å². The van der Waals surface area contributed by atoms with Crippen LogP contribution in [0.25, 0.3) is 11.3 Å². The smallest absolute Gasteiger partial charge is 0.290 e. The molecule has 10 heteroatoms. The molecule has 3 heterocycles. The number of carboxylic acid groups (broad SMARTS) is 1. The molecule has 0 radical (unpaired) electrons. The molecule has 3 N–H and O–H groups in total. The molecular formula is C18H24FN5O4. The number of rotatable bonds is 7. The highest BCUT2D eigenvalue weighted by atomic mass is 19.1. The number of nitrogens with zero attached hydrogens (tertiary/aromatic N) is 3. The van der Waals surface area contributed by atoms with Crippen LogP contribution >= 0.6 is 0 Å². The maximum absolute atomic E-state index is 14.5. The molecule has 0 spiro atoms. The predicted molar refractivity (Wildman–Crippen MR) is 101 cm³/mol. The molecule has 0 saturated carbocycles. The van der Waals surface area contributed by atoms with Crippen molar-refractivity contribution in [2.45, 2.75) is 25.7 Å². The summed E-state index contributed by atoms with van der Waals surface area (Å²) in [6.45, 7) is 2.86. The molecule has 0 bridgehead atoms. The molecule has 1 aliphatic rings. The number of amides is 1. The Kier molecular flexibility index (Phi) is 8.35. The van der Waals surface area contributed by atoms with Gasteiger partial charge >= 0.3 is 0 Å². The lowest BCUT2D eigenvalue weighted by Gasteiger charge is -2.13. The van der Waals surface area contributed by atoms with E-state index in [0.717, 1.165) is 26.1 Å². The van der Waals surface area contributed by atoms with Crippen LogP contribution < -0.4 is 10.1 Å². The first-order chi connectivity index (χ1) is 13.6. The van der Waals surface area contributed by atoms with Gasteiger partial charge in [0.15, 0.2) is 11.6 Å². The number of anilines is 1. The second kappa shape index (κ2) is 11.0. The summed E-state index contributed by atoms with van der Waals surface area (Å²) in [5.74, 6) is -0.476. The maximum Gasteiger partial charge on any atom is 0.290 e. The zero-order chi connectivity index (χ0) is 20.4. The van der Waals surface area contributed by atoms with Gasteiger partial charge in [0.1, 0.15) is 5.69 Å². The summed E-state index contributed by atoms with van der Waals surface area (Å²) in [5.41, 5.74) is 0.711. The standard InChI is InChI=1S/C17H22FN5O2.CH2O2/c1-25-14-7-6-12(11-19-14)16-15(18)17(22-21-16)20-13(24)5-4-10-23-8-2-3-9-23;2-1-3/h6-7,11H,2-5,8-10H2,1H3,(H2,20,21,22,24);1H,(H,2,3). The number of H-pyrrole nitrogens is 1. The van der Waals surface area contributed by atoms with E-state index < -0.39 is 5.82 Å². The molecule has 9 nitrogen and oxygen atoms in total. The van der Waals surface area contributed by atoms with Crippen LogP contribution in [-0.2, 0) is 9.59 Å². The number of carbonyl (C=O) groups is 2. The highest BCUT2D eigenvalue weighted by Gasteiger charge is 2.17. The van der Waals surface area contributed by atoms with Crippen molar-refractivity contribution in [1.82, 2.24) is 20.1 Å². The Morgan fingerprint density at radius 1 is 1.43 bits per heavy atom. The number of aromatic amines is 1. The number of halogens is 1. The number of ether oxygens (including phenoxy) is 1. The molecule has 1 saturated heterocycles. The minimum atomic E-state index is -0.597. The Hall–Kier alpha value is -3.01. The van der Waals surface area contributed by atoms with Gasteiger partial charge in [-0.3, -0.25) is 14.7 Å². The van der Waals surface area contributed by atoms with Crippen LogP contribution in [-0.4, -0.2) is 64.3 Å². The SMILES string of the molecule is COc1ccc(-c2[nH]nc(NC(=O)CCCN3CCCC3)c2F)cn1.O=CO. The largest absolute Gasteiger partial charge is 0.483 e. The summed E-state index contributed by atoms with van der Waals surface area (Å²) >= 11 is 0. The molecule has 0 aliphatic carbocycles. The number of hydrogen-bond donors (Lipinski definition) is 3. The number of nitrogens with one attached hydrogen (secondary N) is 2. The third kappa shape index (κ3) is 6.02. The molecule has 152 valence electrons. The predicted octanol–water partition coefficient (Wildman–Crippen LogP) is 2.13. The third-order valence-electron chi connectivity index (χ3n) is 4.28. The molecule has 3 rings (SSSR count). The van der Waals surface area contributed by atoms with Gasteiger partial charge in [-0.15, -0.1) is 0 Å². The molecule has 2 aromatic heterocycles. The summed E-state index contributed by atoms with van der Waals surface area (Å²) in [7, 11) is 1.51. The molecule has 28 heavy (non-hydrogen) atoms. The Bertz CT molecular complexity index is 760. The van der Waals surface area contributed by atoms with Crippen LogP contribution in [0.1, 0.15) is 25.7 Å². The number of hydrogen-bond acceptors (Lipinski definition) is 6. The van der Waals surface area contributed by atoms with Gasteiger partial charge in [0, 0.05) is 24.2 Å². The van der Waals surface area contributed by atoms with E-state index in [2.05, 4.69) is 25.4 Å². The van der Waals surface area contributed by atoms with Gasteiger partial charge in [-0.1, -0.05) is 0 Å². The second-order valence-electron chi connectivity index (χ2n) is 6.16. The average Bonchev–Trinajstić information content (AvgIpc) is 3.33. The van der Waals surface area contributed by atoms with Crippen LogP contribution in [0.2, 0.25) is 0 Å². The van der Waals surface area contributed by atoms with Crippen LogP contribution in [0, 0.1) is 5.82 Å². The zero-order valence-corrected chi connectivity index (χ0v) is 15.7. The number of pyridine rings is 1. The fourth-order valence-corrected chi connectivity index (χ4v) is 2.92. The van der Waals surface area contributed by atoms with Crippen molar-refractivity contribution < 1.29 is 23.8 Å². The number of likely N-dealkylation sites (tertiary alicyclic amines) is 1. The summed E-state index contributed by atoms with van der Waals surface area (Å²) in [4.78, 5) is 26.7. The summed E-state index contributed by atoms with van der Waals surface area (Å²) in [6.07, 6.45) is 5.05.